The molecule has 1 atom stereocenters. The van der Waals surface area contributed by atoms with E-state index in [1.807, 2.05) is 19.0 Å². The van der Waals surface area contributed by atoms with Crippen LogP contribution in [0.1, 0.15) is 13.3 Å². The maximum Gasteiger partial charge on any atom is 0.243 e. The van der Waals surface area contributed by atoms with Gasteiger partial charge in [0.1, 0.15) is 11.8 Å². The maximum atomic E-state index is 12.3. The topological polar surface area (TPSA) is 79.0 Å². The number of nitrogens with zero attached hydrogens (tertiary/aromatic N) is 2. The zero-order chi connectivity index (χ0) is 18.3. The van der Waals surface area contributed by atoms with Crippen LogP contribution in [0, 0.1) is 0 Å². The summed E-state index contributed by atoms with van der Waals surface area (Å²) in [6.45, 7) is 2.93. The van der Waals surface area contributed by atoms with E-state index in [1.54, 1.807) is 31.2 Å². The normalized spacial score (nSPS) is 12.8. The largest absolute Gasteiger partial charge is 0.497 e. The van der Waals surface area contributed by atoms with Gasteiger partial charge in [0.05, 0.1) is 19.1 Å². The number of hydrogen-bond acceptors (Lipinski definition) is 5. The van der Waals surface area contributed by atoms with Crippen LogP contribution < -0.4 is 14.4 Å². The molecule has 1 aromatic carbocycles. The third-order valence-corrected chi connectivity index (χ3v) is 4.74. The van der Waals surface area contributed by atoms with Gasteiger partial charge in [0.15, 0.2) is 0 Å². The summed E-state index contributed by atoms with van der Waals surface area (Å²) in [4.78, 5) is 14.3. The van der Waals surface area contributed by atoms with Crippen molar-refractivity contribution in [2.24, 2.45) is 0 Å². The molecule has 0 spiro atoms. The van der Waals surface area contributed by atoms with Gasteiger partial charge in [-0.2, -0.15) is 0 Å². The number of sulfonamides is 1. The van der Waals surface area contributed by atoms with E-state index in [2.05, 4.69) is 5.32 Å². The third kappa shape index (κ3) is 6.01. The van der Waals surface area contributed by atoms with Crippen LogP contribution in [-0.4, -0.2) is 65.8 Å². The lowest BCUT2D eigenvalue weighted by molar-refractivity contribution is -0.121. The van der Waals surface area contributed by atoms with Crippen molar-refractivity contribution in [3.05, 3.63) is 24.3 Å². The van der Waals surface area contributed by atoms with Crippen molar-refractivity contribution < 1.29 is 17.9 Å². The Morgan fingerprint density at radius 2 is 1.83 bits per heavy atom. The Labute approximate surface area is 144 Å². The van der Waals surface area contributed by atoms with Crippen molar-refractivity contribution in [2.45, 2.75) is 19.4 Å². The zero-order valence-corrected chi connectivity index (χ0v) is 15.8. The van der Waals surface area contributed by atoms with E-state index in [0.29, 0.717) is 18.0 Å². The number of amides is 1. The number of rotatable bonds is 9. The standard InChI is InChI=1S/C16H27N3O4S/c1-13(16(20)17-11-6-12-18(2)3)19(24(5,21)22)14-7-9-15(23-4)10-8-14/h7-10,13H,6,11-12H2,1-5H3,(H,17,20)/t13-/m0/s1. The summed E-state index contributed by atoms with van der Waals surface area (Å²) in [7, 11) is 1.85. The van der Waals surface area contributed by atoms with E-state index in [1.165, 1.54) is 7.11 Å². The van der Waals surface area contributed by atoms with E-state index >= 15 is 0 Å². The fourth-order valence-corrected chi connectivity index (χ4v) is 3.47. The van der Waals surface area contributed by atoms with Crippen molar-refractivity contribution in [3.8, 4) is 5.75 Å². The smallest absolute Gasteiger partial charge is 0.243 e. The highest BCUT2D eigenvalue weighted by Gasteiger charge is 2.28. The Morgan fingerprint density at radius 3 is 2.29 bits per heavy atom. The van der Waals surface area contributed by atoms with Crippen LogP contribution in [0.3, 0.4) is 0 Å². The molecule has 0 radical (unpaired) electrons. The predicted molar refractivity (Wildman–Crippen MR) is 96.0 cm³/mol. The Morgan fingerprint density at radius 1 is 1.25 bits per heavy atom. The lowest BCUT2D eigenvalue weighted by atomic mass is 10.2. The molecule has 1 rings (SSSR count). The molecule has 0 heterocycles. The molecule has 0 bridgehead atoms. The first-order chi connectivity index (χ1) is 11.2. The molecule has 1 aromatic rings. The zero-order valence-electron chi connectivity index (χ0n) is 14.9. The Balaban J connectivity index is 2.85. The van der Waals surface area contributed by atoms with Crippen molar-refractivity contribution in [3.63, 3.8) is 0 Å². The number of benzene rings is 1. The molecular formula is C16H27N3O4S. The van der Waals surface area contributed by atoms with Crippen molar-refractivity contribution in [1.29, 1.82) is 0 Å². The fourth-order valence-electron chi connectivity index (χ4n) is 2.29. The molecule has 0 saturated heterocycles. The molecule has 0 unspecified atom stereocenters. The summed E-state index contributed by atoms with van der Waals surface area (Å²) in [5.41, 5.74) is 0.425. The van der Waals surface area contributed by atoms with Gasteiger partial charge in [-0.1, -0.05) is 0 Å². The predicted octanol–water partition coefficient (Wildman–Crippen LogP) is 0.918. The van der Waals surface area contributed by atoms with Gasteiger partial charge in [-0.25, -0.2) is 8.42 Å². The molecule has 7 nitrogen and oxygen atoms in total. The number of anilines is 1. The van der Waals surface area contributed by atoms with Crippen molar-refractivity contribution in [2.75, 3.05) is 44.9 Å². The molecule has 24 heavy (non-hydrogen) atoms. The first-order valence-electron chi connectivity index (χ1n) is 7.72. The second-order valence-corrected chi connectivity index (χ2v) is 7.74. The molecule has 1 amide bonds. The summed E-state index contributed by atoms with van der Waals surface area (Å²) < 4.78 is 30.5. The van der Waals surface area contributed by atoms with Gasteiger partial charge in [0, 0.05) is 6.54 Å². The molecule has 8 heteroatoms. The number of hydrogen-bond donors (Lipinski definition) is 1. The molecule has 0 saturated carbocycles. The average molecular weight is 357 g/mol. The van der Waals surface area contributed by atoms with Crippen LogP contribution in [0.5, 0.6) is 5.75 Å². The molecule has 0 aromatic heterocycles. The molecule has 136 valence electrons. The van der Waals surface area contributed by atoms with Gasteiger partial charge >= 0.3 is 0 Å². The lowest BCUT2D eigenvalue weighted by Gasteiger charge is -2.28. The van der Waals surface area contributed by atoms with Crippen LogP contribution in [0.4, 0.5) is 5.69 Å². The Hall–Kier alpha value is -1.80. The summed E-state index contributed by atoms with van der Waals surface area (Å²) in [6.07, 6.45) is 1.89. The third-order valence-electron chi connectivity index (χ3n) is 3.50. The van der Waals surface area contributed by atoms with Crippen LogP contribution in [-0.2, 0) is 14.8 Å². The first-order valence-corrected chi connectivity index (χ1v) is 9.57. The Bertz CT molecular complexity index is 629. The molecular weight excluding hydrogens is 330 g/mol. The second-order valence-electron chi connectivity index (χ2n) is 5.88. The summed E-state index contributed by atoms with van der Waals surface area (Å²) in [6, 6.07) is 5.73. The summed E-state index contributed by atoms with van der Waals surface area (Å²) in [5, 5.41) is 2.79. The van der Waals surface area contributed by atoms with Crippen LogP contribution in [0.2, 0.25) is 0 Å². The highest BCUT2D eigenvalue weighted by molar-refractivity contribution is 7.92. The minimum atomic E-state index is -3.60. The molecule has 0 fully saturated rings. The van der Waals surface area contributed by atoms with E-state index in [0.717, 1.165) is 23.5 Å². The van der Waals surface area contributed by atoms with Gasteiger partial charge < -0.3 is 15.0 Å². The minimum Gasteiger partial charge on any atom is -0.497 e. The van der Waals surface area contributed by atoms with Crippen LogP contribution >= 0.6 is 0 Å². The molecule has 0 aliphatic heterocycles. The highest BCUT2D eigenvalue weighted by atomic mass is 32.2. The van der Waals surface area contributed by atoms with Gasteiger partial charge in [-0.15, -0.1) is 0 Å². The van der Waals surface area contributed by atoms with E-state index < -0.39 is 16.1 Å². The van der Waals surface area contributed by atoms with E-state index in [9.17, 15) is 13.2 Å². The summed E-state index contributed by atoms with van der Waals surface area (Å²) in [5.74, 6) is 0.294. The molecule has 0 aliphatic carbocycles. The lowest BCUT2D eigenvalue weighted by Crippen LogP contribution is -2.48. The number of nitrogens with one attached hydrogen (secondary N) is 1. The van der Waals surface area contributed by atoms with E-state index in [4.69, 9.17) is 4.74 Å². The maximum absolute atomic E-state index is 12.3. The number of methoxy groups -OCH3 is 1. The highest BCUT2D eigenvalue weighted by Crippen LogP contribution is 2.23. The quantitative estimate of drug-likeness (QED) is 0.665. The van der Waals surface area contributed by atoms with E-state index in [-0.39, 0.29) is 5.91 Å². The summed E-state index contributed by atoms with van der Waals surface area (Å²) >= 11 is 0. The number of carbonyl (C=O) groups excluding carboxylic acids is 1. The van der Waals surface area contributed by atoms with Gasteiger partial charge in [0.2, 0.25) is 15.9 Å². The Kier molecular flexibility index (Phi) is 7.50. The van der Waals surface area contributed by atoms with Gasteiger partial charge in [-0.05, 0) is 58.3 Å². The van der Waals surface area contributed by atoms with Crippen LogP contribution in [0.15, 0.2) is 24.3 Å². The van der Waals surface area contributed by atoms with Crippen LogP contribution in [0.25, 0.3) is 0 Å². The SMILES string of the molecule is COc1ccc(N([C@@H](C)C(=O)NCCCN(C)C)S(C)(=O)=O)cc1. The second kappa shape index (κ2) is 8.89. The molecule has 1 N–H and O–H groups in total. The van der Waals surface area contributed by atoms with Crippen molar-refractivity contribution in [1.82, 2.24) is 10.2 Å². The first kappa shape index (κ1) is 20.2. The van der Waals surface area contributed by atoms with Gasteiger partial charge in [-0.3, -0.25) is 9.10 Å². The number of ether oxygens (including phenoxy) is 1. The monoisotopic (exact) mass is 357 g/mol. The molecule has 0 aliphatic rings. The van der Waals surface area contributed by atoms with Crippen molar-refractivity contribution >= 4 is 21.6 Å². The van der Waals surface area contributed by atoms with Gasteiger partial charge in [0.25, 0.3) is 0 Å². The average Bonchev–Trinajstić information content (AvgIpc) is 2.50. The minimum absolute atomic E-state index is 0.324. The number of carbonyl (C=O) groups is 1. The fraction of sp³-hybridized carbons (Fsp3) is 0.562.